The SMILES string of the molecule is Cc1ccc(N)cc1CN(C)C. The molecule has 0 radical (unpaired) electrons. The Balaban J connectivity index is 2.90. The Morgan fingerprint density at radius 3 is 2.58 bits per heavy atom. The molecule has 1 aromatic rings. The van der Waals surface area contributed by atoms with Crippen molar-refractivity contribution in [1.29, 1.82) is 0 Å². The first kappa shape index (κ1) is 9.07. The number of anilines is 1. The Morgan fingerprint density at radius 2 is 2.00 bits per heavy atom. The Kier molecular flexibility index (Phi) is 2.71. The molecule has 0 amide bonds. The predicted molar refractivity (Wildman–Crippen MR) is 53.0 cm³/mol. The van der Waals surface area contributed by atoms with Crippen molar-refractivity contribution in [2.24, 2.45) is 0 Å². The van der Waals surface area contributed by atoms with Crippen LogP contribution in [-0.4, -0.2) is 19.0 Å². The van der Waals surface area contributed by atoms with Crippen molar-refractivity contribution in [1.82, 2.24) is 4.90 Å². The van der Waals surface area contributed by atoms with Crippen molar-refractivity contribution in [3.05, 3.63) is 29.3 Å². The molecule has 0 atom stereocenters. The summed E-state index contributed by atoms with van der Waals surface area (Å²) in [4.78, 5) is 2.14. The number of nitrogens with two attached hydrogens (primary N) is 1. The molecule has 0 saturated carbocycles. The Labute approximate surface area is 74.0 Å². The van der Waals surface area contributed by atoms with E-state index in [1.54, 1.807) is 0 Å². The van der Waals surface area contributed by atoms with Crippen LogP contribution in [-0.2, 0) is 6.54 Å². The van der Waals surface area contributed by atoms with Crippen molar-refractivity contribution in [2.45, 2.75) is 13.5 Å². The standard InChI is InChI=1S/C10H16N2/c1-8-4-5-10(11)6-9(8)7-12(2)3/h4-6H,7,11H2,1-3H3. The highest BCUT2D eigenvalue weighted by Gasteiger charge is 1.99. The molecule has 0 fully saturated rings. The molecule has 2 nitrogen and oxygen atoms in total. The molecule has 1 aromatic carbocycles. The molecule has 2 N–H and O–H groups in total. The van der Waals surface area contributed by atoms with E-state index in [2.05, 4.69) is 32.0 Å². The van der Waals surface area contributed by atoms with Crippen molar-refractivity contribution in [3.8, 4) is 0 Å². The minimum absolute atomic E-state index is 0.845. The molecule has 1 rings (SSSR count). The zero-order valence-corrected chi connectivity index (χ0v) is 7.96. The molecule has 0 aromatic heterocycles. The molecule has 0 aliphatic rings. The lowest BCUT2D eigenvalue weighted by molar-refractivity contribution is 0.401. The number of hydrogen-bond acceptors (Lipinski definition) is 2. The smallest absolute Gasteiger partial charge is 0.0317 e. The quantitative estimate of drug-likeness (QED) is 0.673. The zero-order valence-electron chi connectivity index (χ0n) is 7.96. The molecule has 66 valence electrons. The Morgan fingerprint density at radius 1 is 1.33 bits per heavy atom. The fourth-order valence-corrected chi connectivity index (χ4v) is 1.20. The minimum Gasteiger partial charge on any atom is -0.399 e. The number of benzene rings is 1. The van der Waals surface area contributed by atoms with Crippen LogP contribution >= 0.6 is 0 Å². The van der Waals surface area contributed by atoms with Gasteiger partial charge in [-0.25, -0.2) is 0 Å². The highest BCUT2D eigenvalue weighted by atomic mass is 15.0. The summed E-state index contributed by atoms with van der Waals surface area (Å²) in [5, 5.41) is 0. The van der Waals surface area contributed by atoms with E-state index in [1.165, 1.54) is 11.1 Å². The van der Waals surface area contributed by atoms with Gasteiger partial charge in [-0.15, -0.1) is 0 Å². The summed E-state index contributed by atoms with van der Waals surface area (Å²) in [5.41, 5.74) is 9.14. The van der Waals surface area contributed by atoms with Gasteiger partial charge in [-0.3, -0.25) is 0 Å². The number of aryl methyl sites for hydroxylation is 1. The van der Waals surface area contributed by atoms with Crippen molar-refractivity contribution >= 4 is 5.69 Å². The molecule has 0 spiro atoms. The maximum absolute atomic E-state index is 5.68. The second-order valence-electron chi connectivity index (χ2n) is 3.42. The van der Waals surface area contributed by atoms with E-state index < -0.39 is 0 Å². The first-order chi connectivity index (χ1) is 5.59. The van der Waals surface area contributed by atoms with E-state index in [9.17, 15) is 0 Å². The molecule has 0 heterocycles. The molecular formula is C10H16N2. The van der Waals surface area contributed by atoms with Gasteiger partial charge in [0.2, 0.25) is 0 Å². The van der Waals surface area contributed by atoms with Crippen molar-refractivity contribution in [2.75, 3.05) is 19.8 Å². The van der Waals surface area contributed by atoms with Gasteiger partial charge in [-0.2, -0.15) is 0 Å². The van der Waals surface area contributed by atoms with E-state index in [1.807, 2.05) is 12.1 Å². The second-order valence-corrected chi connectivity index (χ2v) is 3.42. The van der Waals surface area contributed by atoms with Crippen LogP contribution in [0.2, 0.25) is 0 Å². The van der Waals surface area contributed by atoms with Crippen LogP contribution in [0.5, 0.6) is 0 Å². The third kappa shape index (κ3) is 2.24. The normalized spacial score (nSPS) is 10.7. The maximum atomic E-state index is 5.68. The van der Waals surface area contributed by atoms with Gasteiger partial charge >= 0.3 is 0 Å². The monoisotopic (exact) mass is 164 g/mol. The highest BCUT2D eigenvalue weighted by molar-refractivity contribution is 5.44. The lowest BCUT2D eigenvalue weighted by Gasteiger charge is -2.12. The van der Waals surface area contributed by atoms with Crippen LogP contribution in [0, 0.1) is 6.92 Å². The van der Waals surface area contributed by atoms with E-state index in [4.69, 9.17) is 5.73 Å². The number of rotatable bonds is 2. The lowest BCUT2D eigenvalue weighted by Crippen LogP contribution is -2.11. The van der Waals surface area contributed by atoms with E-state index in [0.717, 1.165) is 12.2 Å². The fraction of sp³-hybridized carbons (Fsp3) is 0.400. The van der Waals surface area contributed by atoms with E-state index >= 15 is 0 Å². The van der Waals surface area contributed by atoms with Crippen LogP contribution in [0.15, 0.2) is 18.2 Å². The predicted octanol–water partition coefficient (Wildman–Crippen LogP) is 1.64. The average Bonchev–Trinajstić information content (AvgIpc) is 1.96. The number of nitrogens with zero attached hydrogens (tertiary/aromatic N) is 1. The van der Waals surface area contributed by atoms with Crippen LogP contribution < -0.4 is 5.73 Å². The van der Waals surface area contributed by atoms with Crippen molar-refractivity contribution in [3.63, 3.8) is 0 Å². The van der Waals surface area contributed by atoms with Gasteiger partial charge in [-0.1, -0.05) is 6.07 Å². The second kappa shape index (κ2) is 3.59. The van der Waals surface area contributed by atoms with Crippen LogP contribution in [0.25, 0.3) is 0 Å². The summed E-state index contributed by atoms with van der Waals surface area (Å²) in [6.07, 6.45) is 0. The lowest BCUT2D eigenvalue weighted by atomic mass is 10.1. The van der Waals surface area contributed by atoms with Crippen molar-refractivity contribution < 1.29 is 0 Å². The fourth-order valence-electron chi connectivity index (χ4n) is 1.20. The van der Waals surface area contributed by atoms with E-state index in [-0.39, 0.29) is 0 Å². The summed E-state index contributed by atoms with van der Waals surface area (Å²) < 4.78 is 0. The summed E-state index contributed by atoms with van der Waals surface area (Å²) in [7, 11) is 4.12. The third-order valence-electron chi connectivity index (χ3n) is 1.86. The maximum Gasteiger partial charge on any atom is 0.0317 e. The van der Waals surface area contributed by atoms with Gasteiger partial charge in [0, 0.05) is 12.2 Å². The molecule has 0 aliphatic carbocycles. The highest BCUT2D eigenvalue weighted by Crippen LogP contribution is 2.13. The first-order valence-corrected chi connectivity index (χ1v) is 4.09. The molecule has 12 heavy (non-hydrogen) atoms. The van der Waals surface area contributed by atoms with E-state index in [0.29, 0.717) is 0 Å². The van der Waals surface area contributed by atoms with Gasteiger partial charge in [0.15, 0.2) is 0 Å². The molecule has 0 unspecified atom stereocenters. The summed E-state index contributed by atoms with van der Waals surface area (Å²) in [5.74, 6) is 0. The number of nitrogen functional groups attached to an aromatic ring is 1. The van der Waals surface area contributed by atoms with Crippen LogP contribution in [0.1, 0.15) is 11.1 Å². The zero-order chi connectivity index (χ0) is 9.14. The minimum atomic E-state index is 0.845. The first-order valence-electron chi connectivity index (χ1n) is 4.09. The topological polar surface area (TPSA) is 29.3 Å². The Hall–Kier alpha value is -1.02. The molecule has 0 saturated heterocycles. The molecular weight excluding hydrogens is 148 g/mol. The molecule has 0 bridgehead atoms. The van der Waals surface area contributed by atoms with Crippen LogP contribution in [0.3, 0.4) is 0 Å². The average molecular weight is 164 g/mol. The van der Waals surface area contributed by atoms with Gasteiger partial charge < -0.3 is 10.6 Å². The number of hydrogen-bond donors (Lipinski definition) is 1. The largest absolute Gasteiger partial charge is 0.399 e. The Bertz CT molecular complexity index is 267. The molecule has 0 aliphatic heterocycles. The van der Waals surface area contributed by atoms with Gasteiger partial charge in [0.05, 0.1) is 0 Å². The van der Waals surface area contributed by atoms with Gasteiger partial charge in [0.25, 0.3) is 0 Å². The van der Waals surface area contributed by atoms with Gasteiger partial charge in [-0.05, 0) is 44.3 Å². The summed E-state index contributed by atoms with van der Waals surface area (Å²) in [6, 6.07) is 6.04. The van der Waals surface area contributed by atoms with Crippen LogP contribution in [0.4, 0.5) is 5.69 Å². The van der Waals surface area contributed by atoms with Gasteiger partial charge in [0.1, 0.15) is 0 Å². The summed E-state index contributed by atoms with van der Waals surface area (Å²) in [6.45, 7) is 3.06. The third-order valence-corrected chi connectivity index (χ3v) is 1.86. The molecule has 2 heteroatoms. The summed E-state index contributed by atoms with van der Waals surface area (Å²) >= 11 is 0.